The average molecular weight is 271 g/mol. The van der Waals surface area contributed by atoms with Crippen molar-refractivity contribution in [2.24, 2.45) is 5.73 Å². The molecule has 102 valence electrons. The quantitative estimate of drug-likeness (QED) is 0.891. The Morgan fingerprint density at radius 1 is 1.17 bits per heavy atom. The Kier molecular flexibility index (Phi) is 4.45. The molecule has 6 heteroatoms. The number of nitrogens with zero attached hydrogens (tertiary/aromatic N) is 2. The van der Waals surface area contributed by atoms with E-state index in [-0.39, 0.29) is 5.92 Å². The standard InChI is InChI=1S/C12H21N3O2S/c1-7(6-13)11-8(2)14-12(15-9(11)3)10(4)18(5,16)17/h7,10H,6,13H2,1-5H3. The molecule has 5 nitrogen and oxygen atoms in total. The van der Waals surface area contributed by atoms with Crippen LogP contribution in [-0.2, 0) is 9.84 Å². The first-order valence-corrected chi connectivity index (χ1v) is 7.87. The van der Waals surface area contributed by atoms with Gasteiger partial charge in [-0.25, -0.2) is 18.4 Å². The summed E-state index contributed by atoms with van der Waals surface area (Å²) < 4.78 is 23.1. The lowest BCUT2D eigenvalue weighted by Crippen LogP contribution is -2.17. The van der Waals surface area contributed by atoms with Gasteiger partial charge in [0.1, 0.15) is 11.1 Å². The minimum atomic E-state index is -3.18. The second-order valence-corrected chi connectivity index (χ2v) is 7.14. The van der Waals surface area contributed by atoms with Crippen LogP contribution in [0.25, 0.3) is 0 Å². The smallest absolute Gasteiger partial charge is 0.157 e. The summed E-state index contributed by atoms with van der Waals surface area (Å²) in [4.78, 5) is 8.65. The second-order valence-electron chi connectivity index (χ2n) is 4.77. The van der Waals surface area contributed by atoms with Gasteiger partial charge in [0.2, 0.25) is 0 Å². The molecule has 0 aliphatic carbocycles. The van der Waals surface area contributed by atoms with E-state index in [0.717, 1.165) is 17.0 Å². The molecule has 1 aromatic rings. The van der Waals surface area contributed by atoms with Crippen molar-refractivity contribution in [1.29, 1.82) is 0 Å². The van der Waals surface area contributed by atoms with Crippen molar-refractivity contribution in [2.75, 3.05) is 12.8 Å². The van der Waals surface area contributed by atoms with Crippen LogP contribution >= 0.6 is 0 Å². The Balaban J connectivity index is 3.31. The van der Waals surface area contributed by atoms with Gasteiger partial charge in [0.25, 0.3) is 0 Å². The van der Waals surface area contributed by atoms with E-state index in [1.807, 2.05) is 20.8 Å². The van der Waals surface area contributed by atoms with Crippen molar-refractivity contribution < 1.29 is 8.42 Å². The summed E-state index contributed by atoms with van der Waals surface area (Å²) in [5.74, 6) is 0.535. The molecule has 0 aromatic carbocycles. The molecular weight excluding hydrogens is 250 g/mol. The van der Waals surface area contributed by atoms with Crippen molar-refractivity contribution >= 4 is 9.84 Å². The van der Waals surface area contributed by atoms with Crippen molar-refractivity contribution in [3.8, 4) is 0 Å². The van der Waals surface area contributed by atoms with Gasteiger partial charge < -0.3 is 5.73 Å². The molecule has 2 N–H and O–H groups in total. The summed E-state index contributed by atoms with van der Waals surface area (Å²) in [6.07, 6.45) is 1.20. The Labute approximate surface area is 109 Å². The maximum Gasteiger partial charge on any atom is 0.157 e. The number of hydrogen-bond acceptors (Lipinski definition) is 5. The van der Waals surface area contributed by atoms with Gasteiger partial charge >= 0.3 is 0 Å². The Bertz CT molecular complexity index is 517. The highest BCUT2D eigenvalue weighted by molar-refractivity contribution is 7.90. The van der Waals surface area contributed by atoms with Gasteiger partial charge in [0.15, 0.2) is 9.84 Å². The monoisotopic (exact) mass is 271 g/mol. The number of rotatable bonds is 4. The van der Waals surface area contributed by atoms with Gasteiger partial charge in [0, 0.05) is 17.6 Å². The number of sulfone groups is 1. The summed E-state index contributed by atoms with van der Waals surface area (Å²) >= 11 is 0. The third-order valence-electron chi connectivity index (χ3n) is 3.20. The lowest BCUT2D eigenvalue weighted by Gasteiger charge is -2.17. The first-order chi connectivity index (χ1) is 8.18. The largest absolute Gasteiger partial charge is 0.330 e. The van der Waals surface area contributed by atoms with Gasteiger partial charge in [-0.3, -0.25) is 0 Å². The third kappa shape index (κ3) is 3.05. The maximum atomic E-state index is 11.5. The topological polar surface area (TPSA) is 85.9 Å². The van der Waals surface area contributed by atoms with Crippen LogP contribution in [-0.4, -0.2) is 31.2 Å². The summed E-state index contributed by atoms with van der Waals surface area (Å²) in [6, 6.07) is 0. The molecule has 0 fully saturated rings. The lowest BCUT2D eigenvalue weighted by atomic mass is 9.98. The first-order valence-electron chi connectivity index (χ1n) is 5.92. The van der Waals surface area contributed by atoms with E-state index in [2.05, 4.69) is 9.97 Å². The zero-order valence-electron chi connectivity index (χ0n) is 11.6. The predicted molar refractivity (Wildman–Crippen MR) is 72.2 cm³/mol. The van der Waals surface area contributed by atoms with E-state index in [0.29, 0.717) is 12.4 Å². The summed E-state index contributed by atoms with van der Waals surface area (Å²) in [6.45, 7) is 7.88. The normalized spacial score (nSPS) is 15.4. The molecule has 0 amide bonds. The first kappa shape index (κ1) is 15.0. The molecule has 18 heavy (non-hydrogen) atoms. The summed E-state index contributed by atoms with van der Waals surface area (Å²) in [5.41, 5.74) is 8.30. The maximum absolute atomic E-state index is 11.5. The number of aromatic nitrogens is 2. The molecule has 1 heterocycles. The molecule has 0 saturated carbocycles. The van der Waals surface area contributed by atoms with E-state index in [9.17, 15) is 8.42 Å². The Morgan fingerprint density at radius 3 is 1.94 bits per heavy atom. The molecule has 0 aliphatic heterocycles. The summed E-state index contributed by atoms with van der Waals surface area (Å²) in [5, 5.41) is -0.683. The van der Waals surface area contributed by atoms with Gasteiger partial charge in [-0.1, -0.05) is 6.92 Å². The van der Waals surface area contributed by atoms with Crippen LogP contribution in [0.4, 0.5) is 0 Å². The molecule has 0 bridgehead atoms. The lowest BCUT2D eigenvalue weighted by molar-refractivity contribution is 0.588. The van der Waals surface area contributed by atoms with Crippen molar-refractivity contribution in [3.05, 3.63) is 22.8 Å². The number of aryl methyl sites for hydroxylation is 2. The van der Waals surface area contributed by atoms with Crippen LogP contribution in [0.15, 0.2) is 0 Å². The minimum Gasteiger partial charge on any atom is -0.330 e. The highest BCUT2D eigenvalue weighted by Gasteiger charge is 2.23. The Hall–Kier alpha value is -1.01. The zero-order valence-corrected chi connectivity index (χ0v) is 12.4. The van der Waals surface area contributed by atoms with Crippen LogP contribution in [0.5, 0.6) is 0 Å². The van der Waals surface area contributed by atoms with Gasteiger partial charge in [-0.2, -0.15) is 0 Å². The number of nitrogens with two attached hydrogens (primary N) is 1. The average Bonchev–Trinajstić information content (AvgIpc) is 2.25. The van der Waals surface area contributed by atoms with E-state index < -0.39 is 15.1 Å². The molecule has 1 rings (SSSR count). The minimum absolute atomic E-state index is 0.174. The SMILES string of the molecule is Cc1nc(C(C)S(C)(=O)=O)nc(C)c1C(C)CN. The fourth-order valence-electron chi connectivity index (χ4n) is 1.96. The number of hydrogen-bond donors (Lipinski definition) is 1. The van der Waals surface area contributed by atoms with Crippen molar-refractivity contribution in [3.63, 3.8) is 0 Å². The fourth-order valence-corrected chi connectivity index (χ4v) is 2.44. The van der Waals surface area contributed by atoms with E-state index >= 15 is 0 Å². The van der Waals surface area contributed by atoms with Crippen molar-refractivity contribution in [2.45, 2.75) is 38.9 Å². The van der Waals surface area contributed by atoms with Gasteiger partial charge in [0.05, 0.1) is 0 Å². The highest BCUT2D eigenvalue weighted by Crippen LogP contribution is 2.24. The van der Waals surface area contributed by atoms with Gasteiger partial charge in [-0.15, -0.1) is 0 Å². The molecule has 2 atom stereocenters. The van der Waals surface area contributed by atoms with Crippen LogP contribution in [0.2, 0.25) is 0 Å². The summed E-state index contributed by atoms with van der Waals surface area (Å²) in [7, 11) is -3.18. The molecule has 0 saturated heterocycles. The molecule has 0 spiro atoms. The van der Waals surface area contributed by atoms with Gasteiger partial charge in [-0.05, 0) is 38.8 Å². The van der Waals surface area contributed by atoms with Crippen LogP contribution in [0, 0.1) is 13.8 Å². The Morgan fingerprint density at radius 2 is 1.61 bits per heavy atom. The van der Waals surface area contributed by atoms with Crippen molar-refractivity contribution in [1.82, 2.24) is 9.97 Å². The van der Waals surface area contributed by atoms with E-state index in [4.69, 9.17) is 5.73 Å². The van der Waals surface area contributed by atoms with Crippen LogP contribution in [0.1, 0.15) is 47.8 Å². The fraction of sp³-hybridized carbons (Fsp3) is 0.667. The second kappa shape index (κ2) is 5.32. The van der Waals surface area contributed by atoms with E-state index in [1.54, 1.807) is 6.92 Å². The molecular formula is C12H21N3O2S. The zero-order chi connectivity index (χ0) is 14.1. The van der Waals surface area contributed by atoms with E-state index in [1.165, 1.54) is 6.26 Å². The third-order valence-corrected chi connectivity index (χ3v) is 4.69. The molecule has 0 radical (unpaired) electrons. The molecule has 2 unspecified atom stereocenters. The molecule has 0 aliphatic rings. The predicted octanol–water partition coefficient (Wildman–Crippen LogP) is 1.26. The highest BCUT2D eigenvalue weighted by atomic mass is 32.2. The van der Waals surface area contributed by atoms with Crippen LogP contribution in [0.3, 0.4) is 0 Å². The van der Waals surface area contributed by atoms with Crippen LogP contribution < -0.4 is 5.73 Å². The molecule has 1 aromatic heterocycles.